The maximum Gasteiger partial charge on any atom is 0.243 e. The zero-order valence-corrected chi connectivity index (χ0v) is 22.8. The molecule has 0 atom stereocenters. The van der Waals surface area contributed by atoms with E-state index in [1.54, 1.807) is 24.4 Å². The standard InChI is InChI=1S/C28H27ClN6O3S/c1-20(36)31-23-7-5-21(6-8-23)27-13-14-30-28(33-27)32-24-9-11-25(12-10-24)34-15-17-35(18-16-34)39(37,38)26-4-2-3-22(29)19-26/h2-14,19H,15-18H2,1H3,(H,31,36)(H,30,32,33). The lowest BCUT2D eigenvalue weighted by molar-refractivity contribution is -0.114. The fourth-order valence-corrected chi connectivity index (χ4v) is 6.08. The van der Waals surface area contributed by atoms with Gasteiger partial charge in [0, 0.05) is 66.9 Å². The van der Waals surface area contributed by atoms with Gasteiger partial charge in [-0.05, 0) is 60.7 Å². The van der Waals surface area contributed by atoms with Crippen LogP contribution in [-0.2, 0) is 14.8 Å². The number of hydrogen-bond acceptors (Lipinski definition) is 7. The van der Waals surface area contributed by atoms with Crippen molar-refractivity contribution in [2.75, 3.05) is 41.7 Å². The van der Waals surface area contributed by atoms with Crippen molar-refractivity contribution in [3.05, 3.63) is 90.1 Å². The van der Waals surface area contributed by atoms with Crippen LogP contribution in [0.2, 0.25) is 5.02 Å². The number of nitrogens with zero attached hydrogens (tertiary/aromatic N) is 4. The van der Waals surface area contributed by atoms with E-state index in [9.17, 15) is 13.2 Å². The van der Waals surface area contributed by atoms with E-state index < -0.39 is 10.0 Å². The van der Waals surface area contributed by atoms with Crippen molar-refractivity contribution in [1.29, 1.82) is 0 Å². The summed E-state index contributed by atoms with van der Waals surface area (Å²) in [6, 6.07) is 23.5. The molecule has 3 aromatic carbocycles. The quantitative estimate of drug-likeness (QED) is 0.326. The number of benzene rings is 3. The van der Waals surface area contributed by atoms with Crippen LogP contribution in [0.4, 0.5) is 23.0 Å². The molecule has 39 heavy (non-hydrogen) atoms. The number of carbonyl (C=O) groups excluding carboxylic acids is 1. The Morgan fingerprint density at radius 2 is 1.59 bits per heavy atom. The van der Waals surface area contributed by atoms with Gasteiger partial charge in [-0.3, -0.25) is 4.79 Å². The molecule has 1 saturated heterocycles. The highest BCUT2D eigenvalue weighted by atomic mass is 35.5. The van der Waals surface area contributed by atoms with Crippen molar-refractivity contribution < 1.29 is 13.2 Å². The Morgan fingerprint density at radius 3 is 2.26 bits per heavy atom. The highest BCUT2D eigenvalue weighted by Crippen LogP contribution is 2.26. The maximum absolute atomic E-state index is 13.0. The predicted octanol–water partition coefficient (Wildman–Crippen LogP) is 5.01. The van der Waals surface area contributed by atoms with Gasteiger partial charge in [-0.15, -0.1) is 0 Å². The number of halogens is 1. The Morgan fingerprint density at radius 1 is 0.897 bits per heavy atom. The number of nitrogens with one attached hydrogen (secondary N) is 2. The highest BCUT2D eigenvalue weighted by molar-refractivity contribution is 7.89. The summed E-state index contributed by atoms with van der Waals surface area (Å²) in [5, 5.41) is 6.39. The third-order valence-corrected chi connectivity index (χ3v) is 8.45. The summed E-state index contributed by atoms with van der Waals surface area (Å²) in [5.74, 6) is 0.345. The molecule has 2 N–H and O–H groups in total. The second-order valence-corrected chi connectivity index (χ2v) is 11.4. The van der Waals surface area contributed by atoms with E-state index in [-0.39, 0.29) is 10.8 Å². The molecule has 0 unspecified atom stereocenters. The summed E-state index contributed by atoms with van der Waals surface area (Å²) in [5.41, 5.74) is 4.22. The van der Waals surface area contributed by atoms with Crippen molar-refractivity contribution in [2.45, 2.75) is 11.8 Å². The van der Waals surface area contributed by atoms with Crippen LogP contribution in [0, 0.1) is 0 Å². The van der Waals surface area contributed by atoms with Crippen molar-refractivity contribution in [1.82, 2.24) is 14.3 Å². The zero-order valence-electron chi connectivity index (χ0n) is 21.2. The van der Waals surface area contributed by atoms with Gasteiger partial charge in [0.15, 0.2) is 0 Å². The first-order valence-corrected chi connectivity index (χ1v) is 14.2. The number of aromatic nitrogens is 2. The Balaban J connectivity index is 1.20. The molecule has 11 heteroatoms. The summed E-state index contributed by atoms with van der Waals surface area (Å²) in [7, 11) is -3.58. The third kappa shape index (κ3) is 6.36. The molecule has 1 aliphatic rings. The monoisotopic (exact) mass is 562 g/mol. The van der Waals surface area contributed by atoms with Crippen LogP contribution in [0.1, 0.15) is 6.92 Å². The van der Waals surface area contributed by atoms with Crippen LogP contribution in [0.15, 0.2) is 90.0 Å². The fraction of sp³-hybridized carbons (Fsp3) is 0.179. The van der Waals surface area contributed by atoms with Crippen molar-refractivity contribution in [3.8, 4) is 11.3 Å². The van der Waals surface area contributed by atoms with E-state index in [0.717, 1.165) is 28.3 Å². The van der Waals surface area contributed by atoms with Gasteiger partial charge < -0.3 is 15.5 Å². The Labute approximate surface area is 232 Å². The van der Waals surface area contributed by atoms with Crippen molar-refractivity contribution in [3.63, 3.8) is 0 Å². The fourth-order valence-electron chi connectivity index (χ4n) is 4.36. The van der Waals surface area contributed by atoms with Crippen molar-refractivity contribution in [2.24, 2.45) is 0 Å². The first kappa shape index (κ1) is 26.6. The normalized spacial score (nSPS) is 14.2. The van der Waals surface area contributed by atoms with Gasteiger partial charge in [0.1, 0.15) is 0 Å². The molecule has 1 amide bonds. The molecule has 1 fully saturated rings. The van der Waals surface area contributed by atoms with Crippen LogP contribution in [0.5, 0.6) is 0 Å². The molecule has 1 aromatic heterocycles. The number of anilines is 4. The molecule has 0 bridgehead atoms. The topological polar surface area (TPSA) is 108 Å². The third-order valence-electron chi connectivity index (χ3n) is 6.32. The molecular weight excluding hydrogens is 536 g/mol. The van der Waals surface area contributed by atoms with E-state index in [1.807, 2.05) is 54.6 Å². The summed E-state index contributed by atoms with van der Waals surface area (Å²) in [6.45, 7) is 3.42. The lowest BCUT2D eigenvalue weighted by Gasteiger charge is -2.35. The minimum Gasteiger partial charge on any atom is -0.369 e. The molecule has 4 aromatic rings. The van der Waals surface area contributed by atoms with E-state index in [1.165, 1.54) is 17.3 Å². The van der Waals surface area contributed by atoms with Crippen LogP contribution in [0.25, 0.3) is 11.3 Å². The number of rotatable bonds is 7. The first-order valence-electron chi connectivity index (χ1n) is 12.4. The molecule has 9 nitrogen and oxygen atoms in total. The minimum atomic E-state index is -3.58. The number of hydrogen-bond donors (Lipinski definition) is 2. The highest BCUT2D eigenvalue weighted by Gasteiger charge is 2.28. The summed E-state index contributed by atoms with van der Waals surface area (Å²) < 4.78 is 27.5. The predicted molar refractivity (Wildman–Crippen MR) is 154 cm³/mol. The summed E-state index contributed by atoms with van der Waals surface area (Å²) >= 11 is 6.00. The Kier molecular flexibility index (Phi) is 7.78. The first-order chi connectivity index (χ1) is 18.8. The Hall–Kier alpha value is -3.99. The molecule has 5 rings (SSSR count). The average Bonchev–Trinajstić information content (AvgIpc) is 2.94. The van der Waals surface area contributed by atoms with Gasteiger partial charge in [-0.1, -0.05) is 29.8 Å². The molecule has 2 heterocycles. The Bertz CT molecular complexity index is 1570. The molecular formula is C28H27ClN6O3S. The molecule has 0 aliphatic carbocycles. The molecule has 0 saturated carbocycles. The number of amides is 1. The van der Waals surface area contributed by atoms with E-state index in [0.29, 0.717) is 37.1 Å². The number of sulfonamides is 1. The van der Waals surface area contributed by atoms with Crippen LogP contribution >= 0.6 is 11.6 Å². The van der Waals surface area contributed by atoms with Gasteiger partial charge in [0.25, 0.3) is 0 Å². The lowest BCUT2D eigenvalue weighted by Crippen LogP contribution is -2.48. The lowest BCUT2D eigenvalue weighted by atomic mass is 10.1. The smallest absolute Gasteiger partial charge is 0.243 e. The van der Waals surface area contributed by atoms with E-state index in [4.69, 9.17) is 11.6 Å². The van der Waals surface area contributed by atoms with Gasteiger partial charge in [-0.2, -0.15) is 4.31 Å². The van der Waals surface area contributed by atoms with Gasteiger partial charge in [0.05, 0.1) is 10.6 Å². The van der Waals surface area contributed by atoms with Gasteiger partial charge >= 0.3 is 0 Å². The maximum atomic E-state index is 13.0. The van der Waals surface area contributed by atoms with Crippen LogP contribution < -0.4 is 15.5 Å². The second-order valence-electron chi connectivity index (χ2n) is 9.04. The molecule has 0 radical (unpaired) electrons. The molecule has 1 aliphatic heterocycles. The van der Waals surface area contributed by atoms with Gasteiger partial charge in [-0.25, -0.2) is 18.4 Å². The van der Waals surface area contributed by atoms with Crippen LogP contribution in [-0.4, -0.2) is 54.8 Å². The SMILES string of the molecule is CC(=O)Nc1ccc(-c2ccnc(Nc3ccc(N4CCN(S(=O)(=O)c5cccc(Cl)c5)CC4)cc3)n2)cc1. The minimum absolute atomic E-state index is 0.119. The van der Waals surface area contributed by atoms with Crippen LogP contribution in [0.3, 0.4) is 0 Å². The number of carbonyl (C=O) groups is 1. The van der Waals surface area contributed by atoms with Crippen molar-refractivity contribution >= 4 is 50.5 Å². The van der Waals surface area contributed by atoms with E-state index >= 15 is 0 Å². The summed E-state index contributed by atoms with van der Waals surface area (Å²) in [6.07, 6.45) is 1.69. The zero-order chi connectivity index (χ0) is 27.4. The second kappa shape index (κ2) is 11.4. The summed E-state index contributed by atoms with van der Waals surface area (Å²) in [4.78, 5) is 22.6. The molecule has 200 valence electrons. The number of piperazine rings is 1. The van der Waals surface area contributed by atoms with Gasteiger partial charge in [0.2, 0.25) is 21.9 Å². The average molecular weight is 563 g/mol. The largest absolute Gasteiger partial charge is 0.369 e. The molecule has 0 spiro atoms. The van der Waals surface area contributed by atoms with E-state index in [2.05, 4.69) is 25.5 Å².